The predicted molar refractivity (Wildman–Crippen MR) is 81.2 cm³/mol. The van der Waals surface area contributed by atoms with Crippen LogP contribution in [0.2, 0.25) is 0 Å². The van der Waals surface area contributed by atoms with Crippen LogP contribution >= 0.6 is 0 Å². The van der Waals surface area contributed by atoms with Crippen molar-refractivity contribution >= 4 is 11.0 Å². The molecule has 0 unspecified atom stereocenters. The van der Waals surface area contributed by atoms with Crippen LogP contribution in [-0.4, -0.2) is 24.5 Å². The zero-order valence-electron chi connectivity index (χ0n) is 11.9. The first kappa shape index (κ1) is 13.2. The van der Waals surface area contributed by atoms with E-state index in [1.54, 1.807) is 0 Å². The molecule has 1 aromatic heterocycles. The lowest BCUT2D eigenvalue weighted by Crippen LogP contribution is -2.20. The maximum absolute atomic E-state index is 6.02. The molecule has 2 aromatic rings. The second-order valence-corrected chi connectivity index (χ2v) is 5.53. The molecule has 3 rings (SSSR count). The SMILES string of the molecule is C#CCN(C)Cc1oc2ccccc2c1CNC1CC1. The fourth-order valence-corrected chi connectivity index (χ4v) is 2.46. The van der Waals surface area contributed by atoms with Crippen LogP contribution in [0.25, 0.3) is 11.0 Å². The summed E-state index contributed by atoms with van der Waals surface area (Å²) in [5, 5.41) is 4.79. The lowest BCUT2D eigenvalue weighted by Gasteiger charge is -2.12. The van der Waals surface area contributed by atoms with Gasteiger partial charge in [-0.1, -0.05) is 24.1 Å². The maximum Gasteiger partial charge on any atom is 0.134 e. The van der Waals surface area contributed by atoms with E-state index >= 15 is 0 Å². The van der Waals surface area contributed by atoms with Gasteiger partial charge < -0.3 is 9.73 Å². The van der Waals surface area contributed by atoms with E-state index in [1.807, 2.05) is 19.2 Å². The average Bonchev–Trinajstić information content (AvgIpc) is 3.19. The summed E-state index contributed by atoms with van der Waals surface area (Å²) in [5.41, 5.74) is 2.24. The molecule has 1 fully saturated rings. The first-order chi connectivity index (χ1) is 9.78. The molecule has 1 N–H and O–H groups in total. The van der Waals surface area contributed by atoms with Gasteiger partial charge in [-0.3, -0.25) is 4.90 Å². The summed E-state index contributed by atoms with van der Waals surface area (Å²) in [6, 6.07) is 8.93. The van der Waals surface area contributed by atoms with Crippen molar-refractivity contribution in [2.45, 2.75) is 32.0 Å². The highest BCUT2D eigenvalue weighted by molar-refractivity contribution is 5.82. The topological polar surface area (TPSA) is 28.4 Å². The van der Waals surface area contributed by atoms with Gasteiger partial charge in [-0.25, -0.2) is 0 Å². The van der Waals surface area contributed by atoms with E-state index in [0.29, 0.717) is 12.6 Å². The molecular weight excluding hydrogens is 248 g/mol. The monoisotopic (exact) mass is 268 g/mol. The van der Waals surface area contributed by atoms with E-state index in [9.17, 15) is 0 Å². The molecule has 0 aliphatic heterocycles. The second-order valence-electron chi connectivity index (χ2n) is 5.53. The van der Waals surface area contributed by atoms with Crippen molar-refractivity contribution in [3.63, 3.8) is 0 Å². The molecule has 0 saturated heterocycles. The fourth-order valence-electron chi connectivity index (χ4n) is 2.46. The van der Waals surface area contributed by atoms with Gasteiger partial charge in [0.15, 0.2) is 0 Å². The molecule has 3 nitrogen and oxygen atoms in total. The van der Waals surface area contributed by atoms with Crippen molar-refractivity contribution in [2.24, 2.45) is 0 Å². The number of hydrogen-bond donors (Lipinski definition) is 1. The summed E-state index contributed by atoms with van der Waals surface area (Å²) < 4.78 is 6.02. The van der Waals surface area contributed by atoms with Crippen LogP contribution in [0.15, 0.2) is 28.7 Å². The van der Waals surface area contributed by atoms with E-state index in [1.165, 1.54) is 23.8 Å². The Morgan fingerprint density at radius 3 is 2.95 bits per heavy atom. The van der Waals surface area contributed by atoms with Gasteiger partial charge in [-0.05, 0) is 26.0 Å². The molecule has 0 amide bonds. The van der Waals surface area contributed by atoms with Crippen LogP contribution < -0.4 is 5.32 Å². The van der Waals surface area contributed by atoms with Crippen molar-refractivity contribution in [1.82, 2.24) is 10.2 Å². The summed E-state index contributed by atoms with van der Waals surface area (Å²) in [6.07, 6.45) is 7.96. The quantitative estimate of drug-likeness (QED) is 0.817. The van der Waals surface area contributed by atoms with Gasteiger partial charge in [0, 0.05) is 23.5 Å². The molecule has 0 radical (unpaired) electrons. The first-order valence-electron chi connectivity index (χ1n) is 7.12. The van der Waals surface area contributed by atoms with Crippen molar-refractivity contribution in [3.05, 3.63) is 35.6 Å². The van der Waals surface area contributed by atoms with Crippen LogP contribution in [0.3, 0.4) is 0 Å². The fraction of sp³-hybridized carbons (Fsp3) is 0.412. The zero-order chi connectivity index (χ0) is 13.9. The third kappa shape index (κ3) is 2.87. The third-order valence-electron chi connectivity index (χ3n) is 3.70. The molecule has 0 spiro atoms. The minimum Gasteiger partial charge on any atom is -0.459 e. The standard InChI is InChI=1S/C17H20N2O/c1-3-10-19(2)12-17-15(11-18-13-8-9-13)14-6-4-5-7-16(14)20-17/h1,4-7,13,18H,8-12H2,2H3. The Morgan fingerprint density at radius 1 is 1.40 bits per heavy atom. The van der Waals surface area contributed by atoms with Gasteiger partial charge in [0.1, 0.15) is 11.3 Å². The Hall–Kier alpha value is -1.76. The minimum absolute atomic E-state index is 0.631. The Balaban J connectivity index is 1.87. The third-order valence-corrected chi connectivity index (χ3v) is 3.70. The molecule has 1 aromatic carbocycles. The van der Waals surface area contributed by atoms with Crippen molar-refractivity contribution in [1.29, 1.82) is 0 Å². The number of terminal acetylenes is 1. The van der Waals surface area contributed by atoms with Gasteiger partial charge in [0.25, 0.3) is 0 Å². The molecule has 1 heterocycles. The van der Waals surface area contributed by atoms with Crippen LogP contribution in [0.1, 0.15) is 24.2 Å². The summed E-state index contributed by atoms with van der Waals surface area (Å²) in [4.78, 5) is 2.10. The maximum atomic E-state index is 6.02. The Labute approximate surface area is 119 Å². The Bertz CT molecular complexity index is 634. The van der Waals surface area contributed by atoms with E-state index < -0.39 is 0 Å². The molecule has 1 aliphatic carbocycles. The van der Waals surface area contributed by atoms with Gasteiger partial charge in [-0.15, -0.1) is 6.42 Å². The van der Waals surface area contributed by atoms with Crippen LogP contribution in [0, 0.1) is 12.3 Å². The highest BCUT2D eigenvalue weighted by atomic mass is 16.3. The van der Waals surface area contributed by atoms with Crippen molar-refractivity contribution < 1.29 is 4.42 Å². The summed E-state index contributed by atoms with van der Waals surface area (Å²) >= 11 is 0. The van der Waals surface area contributed by atoms with E-state index in [-0.39, 0.29) is 0 Å². The summed E-state index contributed by atoms with van der Waals surface area (Å²) in [7, 11) is 2.02. The molecule has 20 heavy (non-hydrogen) atoms. The van der Waals surface area contributed by atoms with Gasteiger partial charge in [0.2, 0.25) is 0 Å². The van der Waals surface area contributed by atoms with Crippen molar-refractivity contribution in [2.75, 3.05) is 13.6 Å². The number of nitrogens with one attached hydrogen (secondary N) is 1. The molecule has 1 aliphatic rings. The minimum atomic E-state index is 0.631. The average molecular weight is 268 g/mol. The molecular formula is C17H20N2O. The normalized spacial score (nSPS) is 14.8. The van der Waals surface area contributed by atoms with Gasteiger partial charge in [-0.2, -0.15) is 0 Å². The number of nitrogens with zero attached hydrogens (tertiary/aromatic N) is 1. The zero-order valence-corrected chi connectivity index (χ0v) is 11.9. The second kappa shape index (κ2) is 5.70. The lowest BCUT2D eigenvalue weighted by atomic mass is 10.1. The molecule has 104 valence electrons. The number of rotatable bonds is 6. The van der Waals surface area contributed by atoms with Gasteiger partial charge in [0.05, 0.1) is 13.1 Å². The number of furan rings is 1. The highest BCUT2D eigenvalue weighted by Crippen LogP contribution is 2.28. The summed E-state index contributed by atoms with van der Waals surface area (Å²) in [5.74, 6) is 3.69. The van der Waals surface area contributed by atoms with Crippen molar-refractivity contribution in [3.8, 4) is 12.3 Å². The molecule has 3 heteroatoms. The predicted octanol–water partition coefficient (Wildman–Crippen LogP) is 2.75. The van der Waals surface area contributed by atoms with Crippen LogP contribution in [0.4, 0.5) is 0 Å². The van der Waals surface area contributed by atoms with Crippen LogP contribution in [0.5, 0.6) is 0 Å². The van der Waals surface area contributed by atoms with Gasteiger partial charge >= 0.3 is 0 Å². The number of benzene rings is 1. The molecule has 0 bridgehead atoms. The molecule has 0 atom stereocenters. The number of hydrogen-bond acceptors (Lipinski definition) is 3. The smallest absolute Gasteiger partial charge is 0.134 e. The van der Waals surface area contributed by atoms with Crippen LogP contribution in [-0.2, 0) is 13.1 Å². The first-order valence-corrected chi connectivity index (χ1v) is 7.12. The lowest BCUT2D eigenvalue weighted by molar-refractivity contribution is 0.330. The Morgan fingerprint density at radius 2 is 2.20 bits per heavy atom. The van der Waals surface area contributed by atoms with E-state index in [2.05, 4.69) is 28.3 Å². The molecule has 1 saturated carbocycles. The largest absolute Gasteiger partial charge is 0.459 e. The summed E-state index contributed by atoms with van der Waals surface area (Å²) in [6.45, 7) is 2.26. The van der Waals surface area contributed by atoms with E-state index in [4.69, 9.17) is 10.8 Å². The number of para-hydroxylation sites is 1. The number of fused-ring (bicyclic) bond motifs is 1. The highest BCUT2D eigenvalue weighted by Gasteiger charge is 2.22. The Kier molecular flexibility index (Phi) is 3.77. The van der Waals surface area contributed by atoms with E-state index in [0.717, 1.165) is 24.4 Å².